The van der Waals surface area contributed by atoms with E-state index >= 15 is 0 Å². The summed E-state index contributed by atoms with van der Waals surface area (Å²) < 4.78 is 2.13. The quantitative estimate of drug-likeness (QED) is 0.778. The van der Waals surface area contributed by atoms with Crippen molar-refractivity contribution in [2.75, 3.05) is 5.32 Å². The largest absolute Gasteiger partial charge is 0.354 e. The molecule has 2 aromatic rings. The summed E-state index contributed by atoms with van der Waals surface area (Å²) >= 11 is 0. The lowest BCUT2D eigenvalue weighted by atomic mass is 9.84. The Balaban J connectivity index is 1.72. The van der Waals surface area contributed by atoms with Gasteiger partial charge in [0, 0.05) is 18.4 Å². The van der Waals surface area contributed by atoms with Crippen LogP contribution in [-0.2, 0) is 11.3 Å². The van der Waals surface area contributed by atoms with Gasteiger partial charge in [-0.2, -0.15) is 0 Å². The van der Waals surface area contributed by atoms with Gasteiger partial charge in [-0.3, -0.25) is 9.59 Å². The molecule has 1 fully saturated rings. The first-order chi connectivity index (χ1) is 12.6. The average molecular weight is 351 g/mol. The molecule has 0 aliphatic heterocycles. The summed E-state index contributed by atoms with van der Waals surface area (Å²) in [5.74, 6) is -0.397. The van der Waals surface area contributed by atoms with E-state index in [1.165, 1.54) is 19.3 Å². The first kappa shape index (κ1) is 18.6. The molecule has 136 valence electrons. The van der Waals surface area contributed by atoms with Gasteiger partial charge in [-0.15, -0.1) is 0 Å². The molecule has 1 aliphatic carbocycles. The standard InChI is InChI=1S/C20H26BN3O2/c1-2-24-11-10-15-8-9-16(13-18(15)24)22-19(25)17(23-20(21)26)12-14-6-4-3-5-7-14/h8-11,13-14,17H,2-7,12H2,1H3,(H,22,25)(H,23,26)/t17-/m0/s1. The van der Waals surface area contributed by atoms with Gasteiger partial charge < -0.3 is 15.2 Å². The normalized spacial score (nSPS) is 16.3. The SMILES string of the molecule is [B]C(=O)N[C@@H](CC1CCCCC1)C(=O)Nc1ccc2ccn(CC)c2c1. The van der Waals surface area contributed by atoms with Crippen molar-refractivity contribution in [3.8, 4) is 0 Å². The zero-order valence-corrected chi connectivity index (χ0v) is 15.3. The zero-order chi connectivity index (χ0) is 18.5. The molecule has 1 aromatic carbocycles. The predicted molar refractivity (Wildman–Crippen MR) is 106 cm³/mol. The van der Waals surface area contributed by atoms with Gasteiger partial charge in [0.25, 0.3) is 0 Å². The Morgan fingerprint density at radius 2 is 2.00 bits per heavy atom. The molecule has 0 unspecified atom stereocenters. The molecular formula is C20H26BN3O2. The summed E-state index contributed by atoms with van der Waals surface area (Å²) in [5.41, 5.74) is 1.81. The van der Waals surface area contributed by atoms with Crippen LogP contribution in [0.25, 0.3) is 10.9 Å². The lowest BCUT2D eigenvalue weighted by Crippen LogP contribution is -2.44. The smallest absolute Gasteiger partial charge is 0.246 e. The number of carbonyl (C=O) groups excluding carboxylic acids is 2. The molecule has 1 aromatic heterocycles. The van der Waals surface area contributed by atoms with Crippen LogP contribution in [0, 0.1) is 5.92 Å². The second-order valence-electron chi connectivity index (χ2n) is 7.17. The van der Waals surface area contributed by atoms with Gasteiger partial charge in [0.15, 0.2) is 5.81 Å². The Labute approximate surface area is 155 Å². The third kappa shape index (κ3) is 4.48. The number of benzene rings is 1. The highest BCUT2D eigenvalue weighted by Gasteiger charge is 2.25. The van der Waals surface area contributed by atoms with Crippen LogP contribution >= 0.6 is 0 Å². The minimum Gasteiger partial charge on any atom is -0.354 e. The van der Waals surface area contributed by atoms with E-state index in [-0.39, 0.29) is 5.91 Å². The maximum absolute atomic E-state index is 12.8. The van der Waals surface area contributed by atoms with Gasteiger partial charge in [-0.25, -0.2) is 0 Å². The van der Waals surface area contributed by atoms with E-state index in [2.05, 4.69) is 28.2 Å². The second-order valence-corrected chi connectivity index (χ2v) is 7.17. The zero-order valence-electron chi connectivity index (χ0n) is 15.3. The molecule has 2 amide bonds. The molecule has 6 heteroatoms. The fourth-order valence-corrected chi connectivity index (χ4v) is 3.93. The van der Waals surface area contributed by atoms with Crippen LogP contribution in [0.5, 0.6) is 0 Å². The van der Waals surface area contributed by atoms with Crippen LogP contribution in [0.1, 0.15) is 45.4 Å². The molecule has 1 atom stereocenters. The van der Waals surface area contributed by atoms with Crippen LogP contribution in [0.15, 0.2) is 30.5 Å². The molecule has 1 aliphatic rings. The van der Waals surface area contributed by atoms with Crippen molar-refractivity contribution in [1.82, 2.24) is 9.88 Å². The van der Waals surface area contributed by atoms with Gasteiger partial charge >= 0.3 is 0 Å². The van der Waals surface area contributed by atoms with Gasteiger partial charge in [-0.05, 0) is 42.8 Å². The fourth-order valence-electron chi connectivity index (χ4n) is 3.93. The summed E-state index contributed by atoms with van der Waals surface area (Å²) in [6.07, 6.45) is 8.55. The van der Waals surface area contributed by atoms with Crippen LogP contribution in [0.2, 0.25) is 0 Å². The Morgan fingerprint density at radius 3 is 2.69 bits per heavy atom. The number of amides is 2. The van der Waals surface area contributed by atoms with Crippen molar-refractivity contribution in [3.05, 3.63) is 30.5 Å². The van der Waals surface area contributed by atoms with E-state index in [1.807, 2.05) is 24.4 Å². The van der Waals surface area contributed by atoms with Crippen molar-refractivity contribution in [2.45, 2.75) is 58.0 Å². The number of aromatic nitrogens is 1. The summed E-state index contributed by atoms with van der Waals surface area (Å²) in [4.78, 5) is 24.1. The van der Waals surface area contributed by atoms with E-state index in [0.29, 0.717) is 12.3 Å². The first-order valence-electron chi connectivity index (χ1n) is 9.52. The number of hydrogen-bond acceptors (Lipinski definition) is 2. The fraction of sp³-hybridized carbons (Fsp3) is 0.500. The maximum atomic E-state index is 12.8. The minimum atomic E-state index is -0.656. The average Bonchev–Trinajstić information content (AvgIpc) is 3.04. The van der Waals surface area contributed by atoms with E-state index in [1.54, 1.807) is 0 Å². The Kier molecular flexibility index (Phi) is 6.02. The maximum Gasteiger partial charge on any atom is 0.246 e. The van der Waals surface area contributed by atoms with Crippen molar-refractivity contribution in [2.24, 2.45) is 5.92 Å². The molecule has 3 rings (SSSR count). The molecule has 1 heterocycles. The number of anilines is 1. The summed E-state index contributed by atoms with van der Waals surface area (Å²) in [6.45, 7) is 2.95. The minimum absolute atomic E-state index is 0.205. The number of nitrogens with zero attached hydrogens (tertiary/aromatic N) is 1. The Bertz CT molecular complexity index is 780. The van der Waals surface area contributed by atoms with Crippen molar-refractivity contribution in [1.29, 1.82) is 0 Å². The number of carbonyl (C=O) groups is 2. The second kappa shape index (κ2) is 8.43. The molecule has 0 saturated heterocycles. The molecule has 1 saturated carbocycles. The first-order valence-corrected chi connectivity index (χ1v) is 9.52. The lowest BCUT2D eigenvalue weighted by molar-refractivity contribution is -0.118. The van der Waals surface area contributed by atoms with Gasteiger partial charge in [0.2, 0.25) is 13.8 Å². The Morgan fingerprint density at radius 1 is 1.23 bits per heavy atom. The molecule has 0 bridgehead atoms. The van der Waals surface area contributed by atoms with Gasteiger partial charge in [0.05, 0.1) is 5.52 Å². The van der Waals surface area contributed by atoms with E-state index in [9.17, 15) is 9.59 Å². The molecule has 2 N–H and O–H groups in total. The van der Waals surface area contributed by atoms with Crippen LogP contribution < -0.4 is 10.6 Å². The van der Waals surface area contributed by atoms with E-state index < -0.39 is 11.8 Å². The number of hydrogen-bond donors (Lipinski definition) is 2. The third-order valence-corrected chi connectivity index (χ3v) is 5.31. The molecule has 0 spiro atoms. The number of nitrogens with one attached hydrogen (secondary N) is 2. The molecule has 5 nitrogen and oxygen atoms in total. The number of aryl methyl sites for hydroxylation is 1. The number of fused-ring (bicyclic) bond motifs is 1. The topological polar surface area (TPSA) is 63.1 Å². The van der Waals surface area contributed by atoms with Crippen molar-refractivity contribution in [3.63, 3.8) is 0 Å². The van der Waals surface area contributed by atoms with Crippen LogP contribution in [0.4, 0.5) is 10.5 Å². The number of rotatable bonds is 6. The Hall–Kier alpha value is -2.24. The van der Waals surface area contributed by atoms with Crippen molar-refractivity contribution < 1.29 is 9.59 Å². The van der Waals surface area contributed by atoms with E-state index in [0.717, 1.165) is 36.0 Å². The third-order valence-electron chi connectivity index (χ3n) is 5.31. The van der Waals surface area contributed by atoms with Crippen LogP contribution in [-0.4, -0.2) is 30.2 Å². The molecule has 2 radical (unpaired) electrons. The van der Waals surface area contributed by atoms with E-state index in [4.69, 9.17) is 7.85 Å². The van der Waals surface area contributed by atoms with Crippen LogP contribution in [0.3, 0.4) is 0 Å². The van der Waals surface area contributed by atoms with Gasteiger partial charge in [0.1, 0.15) is 6.04 Å². The lowest BCUT2D eigenvalue weighted by Gasteiger charge is -2.26. The summed E-state index contributed by atoms with van der Waals surface area (Å²) in [6, 6.07) is 7.32. The molecular weight excluding hydrogens is 325 g/mol. The summed E-state index contributed by atoms with van der Waals surface area (Å²) in [5, 5.41) is 6.71. The summed E-state index contributed by atoms with van der Waals surface area (Å²) in [7, 11) is 5.29. The predicted octanol–water partition coefficient (Wildman–Crippen LogP) is 3.82. The highest BCUT2D eigenvalue weighted by atomic mass is 16.2. The van der Waals surface area contributed by atoms with Crippen molar-refractivity contribution >= 4 is 36.2 Å². The highest BCUT2D eigenvalue weighted by molar-refractivity contribution is 6.57. The monoisotopic (exact) mass is 351 g/mol. The molecule has 26 heavy (non-hydrogen) atoms. The highest BCUT2D eigenvalue weighted by Crippen LogP contribution is 2.28. The van der Waals surface area contributed by atoms with Gasteiger partial charge in [-0.1, -0.05) is 38.2 Å².